The Labute approximate surface area is 170 Å². The molecular weight excluding hydrogens is 384 g/mol. The van der Waals surface area contributed by atoms with Crippen molar-refractivity contribution in [2.24, 2.45) is 17.6 Å². The van der Waals surface area contributed by atoms with E-state index < -0.39 is 66.5 Å². The van der Waals surface area contributed by atoms with E-state index in [1.54, 1.807) is 27.7 Å². The zero-order chi connectivity index (χ0) is 22.9. The van der Waals surface area contributed by atoms with Gasteiger partial charge in [-0.2, -0.15) is 0 Å². The van der Waals surface area contributed by atoms with Gasteiger partial charge in [0.2, 0.25) is 17.7 Å². The van der Waals surface area contributed by atoms with Gasteiger partial charge in [0, 0.05) is 0 Å². The van der Waals surface area contributed by atoms with E-state index in [9.17, 15) is 29.4 Å². The van der Waals surface area contributed by atoms with Crippen molar-refractivity contribution >= 4 is 23.7 Å². The summed E-state index contributed by atoms with van der Waals surface area (Å²) in [5, 5.41) is 35.2. The molecule has 0 heterocycles. The molecule has 6 unspecified atom stereocenters. The first kappa shape index (κ1) is 26.8. The molecule has 0 saturated carbocycles. The van der Waals surface area contributed by atoms with Crippen molar-refractivity contribution in [1.82, 2.24) is 16.0 Å². The molecule has 0 aliphatic carbocycles. The summed E-state index contributed by atoms with van der Waals surface area (Å²) >= 11 is 0. The minimum atomic E-state index is -1.42. The SMILES string of the molecule is CCC(C)C(NC(=O)C(NC(=O)C(NC(=O)C(N)CO)C(C)O)C(C)C)C(=O)O. The van der Waals surface area contributed by atoms with Gasteiger partial charge < -0.3 is 37.0 Å². The maximum atomic E-state index is 12.6. The van der Waals surface area contributed by atoms with Crippen LogP contribution >= 0.6 is 0 Å². The normalized spacial score (nSPS) is 17.4. The van der Waals surface area contributed by atoms with Crippen molar-refractivity contribution in [2.75, 3.05) is 6.61 Å². The lowest BCUT2D eigenvalue weighted by Crippen LogP contribution is -2.61. The highest BCUT2D eigenvalue weighted by Gasteiger charge is 2.34. The third-order valence-corrected chi connectivity index (χ3v) is 4.62. The van der Waals surface area contributed by atoms with Gasteiger partial charge in [-0.3, -0.25) is 14.4 Å². The molecular formula is C18H34N4O7. The molecule has 0 aliphatic rings. The first-order valence-electron chi connectivity index (χ1n) is 9.55. The number of aliphatic carboxylic acids is 1. The Kier molecular flexibility index (Phi) is 11.4. The second kappa shape index (κ2) is 12.3. The van der Waals surface area contributed by atoms with Crippen LogP contribution in [0.1, 0.15) is 41.0 Å². The Balaban J connectivity index is 5.37. The zero-order valence-electron chi connectivity index (χ0n) is 17.5. The Hall–Kier alpha value is -2.24. The minimum Gasteiger partial charge on any atom is -0.480 e. The molecule has 0 aromatic carbocycles. The summed E-state index contributed by atoms with van der Waals surface area (Å²) in [5.41, 5.74) is 5.39. The predicted octanol–water partition coefficient (Wildman–Crippen LogP) is -2.07. The number of nitrogens with two attached hydrogens (primary N) is 1. The lowest BCUT2D eigenvalue weighted by atomic mass is 9.97. The molecule has 0 fully saturated rings. The highest BCUT2D eigenvalue weighted by molar-refractivity contribution is 5.94. The molecule has 11 heteroatoms. The number of carboxylic acids is 1. The number of aliphatic hydroxyl groups is 2. The summed E-state index contributed by atoms with van der Waals surface area (Å²) in [4.78, 5) is 48.5. The molecule has 6 atom stereocenters. The quantitative estimate of drug-likeness (QED) is 0.188. The van der Waals surface area contributed by atoms with E-state index in [0.29, 0.717) is 6.42 Å². The van der Waals surface area contributed by atoms with E-state index >= 15 is 0 Å². The lowest BCUT2D eigenvalue weighted by Gasteiger charge is -2.29. The van der Waals surface area contributed by atoms with Gasteiger partial charge in [0.15, 0.2) is 0 Å². The summed E-state index contributed by atoms with van der Waals surface area (Å²) < 4.78 is 0. The number of carbonyl (C=O) groups is 4. The van der Waals surface area contributed by atoms with Crippen LogP contribution in [-0.2, 0) is 19.2 Å². The van der Waals surface area contributed by atoms with Crippen LogP contribution in [0.15, 0.2) is 0 Å². The van der Waals surface area contributed by atoms with Gasteiger partial charge in [-0.25, -0.2) is 4.79 Å². The van der Waals surface area contributed by atoms with Crippen LogP contribution < -0.4 is 21.7 Å². The van der Waals surface area contributed by atoms with E-state index in [1.807, 2.05) is 0 Å². The van der Waals surface area contributed by atoms with Crippen molar-refractivity contribution in [1.29, 1.82) is 0 Å². The van der Waals surface area contributed by atoms with Crippen LogP contribution in [0.5, 0.6) is 0 Å². The topological polar surface area (TPSA) is 191 Å². The molecule has 0 bridgehead atoms. The van der Waals surface area contributed by atoms with Gasteiger partial charge in [0.05, 0.1) is 12.7 Å². The van der Waals surface area contributed by atoms with Gasteiger partial charge in [-0.15, -0.1) is 0 Å². The molecule has 3 amide bonds. The molecule has 29 heavy (non-hydrogen) atoms. The van der Waals surface area contributed by atoms with Gasteiger partial charge in [-0.1, -0.05) is 34.1 Å². The fourth-order valence-electron chi connectivity index (χ4n) is 2.45. The Morgan fingerprint density at radius 1 is 0.862 bits per heavy atom. The molecule has 0 spiro atoms. The number of aliphatic hydroxyl groups excluding tert-OH is 2. The summed E-state index contributed by atoms with van der Waals surface area (Å²) in [6.07, 6.45) is -0.787. The summed E-state index contributed by atoms with van der Waals surface area (Å²) in [5.74, 6) is -4.30. The molecule has 8 N–H and O–H groups in total. The molecule has 168 valence electrons. The predicted molar refractivity (Wildman–Crippen MR) is 104 cm³/mol. The lowest BCUT2D eigenvalue weighted by molar-refractivity contribution is -0.144. The van der Waals surface area contributed by atoms with Crippen LogP contribution in [0, 0.1) is 11.8 Å². The van der Waals surface area contributed by atoms with E-state index in [2.05, 4.69) is 16.0 Å². The van der Waals surface area contributed by atoms with Gasteiger partial charge in [-0.05, 0) is 18.8 Å². The second-order valence-corrected chi connectivity index (χ2v) is 7.46. The fourth-order valence-corrected chi connectivity index (χ4v) is 2.45. The first-order valence-corrected chi connectivity index (χ1v) is 9.55. The Bertz CT molecular complexity index is 583. The third-order valence-electron chi connectivity index (χ3n) is 4.62. The number of carboxylic acid groups (broad SMARTS) is 1. The first-order chi connectivity index (χ1) is 13.4. The van der Waals surface area contributed by atoms with Crippen molar-refractivity contribution in [3.05, 3.63) is 0 Å². The number of hydrogen-bond donors (Lipinski definition) is 7. The summed E-state index contributed by atoms with van der Waals surface area (Å²) in [7, 11) is 0. The summed E-state index contributed by atoms with van der Waals surface area (Å²) in [6, 6.07) is -4.92. The highest BCUT2D eigenvalue weighted by Crippen LogP contribution is 2.10. The van der Waals surface area contributed by atoms with Crippen molar-refractivity contribution < 1.29 is 34.5 Å². The number of nitrogens with one attached hydrogen (secondary N) is 3. The number of rotatable bonds is 12. The van der Waals surface area contributed by atoms with Crippen molar-refractivity contribution in [3.8, 4) is 0 Å². The molecule has 0 aliphatic heterocycles. The van der Waals surface area contributed by atoms with Crippen LogP contribution in [0.2, 0.25) is 0 Å². The van der Waals surface area contributed by atoms with E-state index in [0.717, 1.165) is 0 Å². The van der Waals surface area contributed by atoms with Gasteiger partial charge in [0.25, 0.3) is 0 Å². The Morgan fingerprint density at radius 3 is 1.69 bits per heavy atom. The van der Waals surface area contributed by atoms with Crippen molar-refractivity contribution in [3.63, 3.8) is 0 Å². The van der Waals surface area contributed by atoms with E-state index in [1.165, 1.54) is 6.92 Å². The number of carbonyl (C=O) groups excluding carboxylic acids is 3. The standard InChI is InChI=1S/C18H34N4O7/c1-6-9(4)13(18(28)29)21-16(26)12(8(2)3)20-17(27)14(10(5)24)22-15(25)11(19)7-23/h8-14,23-24H,6-7,19H2,1-5H3,(H,20,27)(H,21,26)(H,22,25)(H,28,29). The van der Waals surface area contributed by atoms with Crippen LogP contribution in [0.25, 0.3) is 0 Å². The molecule has 0 saturated heterocycles. The maximum absolute atomic E-state index is 12.6. The zero-order valence-corrected chi connectivity index (χ0v) is 17.5. The summed E-state index contributed by atoms with van der Waals surface area (Å²) in [6.45, 7) is 7.40. The minimum absolute atomic E-state index is 0.329. The largest absolute Gasteiger partial charge is 0.480 e. The monoisotopic (exact) mass is 418 g/mol. The van der Waals surface area contributed by atoms with Crippen molar-refractivity contribution in [2.45, 2.75) is 71.3 Å². The van der Waals surface area contributed by atoms with Gasteiger partial charge in [0.1, 0.15) is 24.2 Å². The average molecular weight is 418 g/mol. The van der Waals surface area contributed by atoms with Crippen LogP contribution in [0.3, 0.4) is 0 Å². The number of hydrogen-bond acceptors (Lipinski definition) is 7. The highest BCUT2D eigenvalue weighted by atomic mass is 16.4. The third kappa shape index (κ3) is 8.34. The molecule has 0 radical (unpaired) electrons. The van der Waals surface area contributed by atoms with E-state index in [4.69, 9.17) is 10.8 Å². The molecule has 0 aromatic rings. The molecule has 0 aromatic heterocycles. The smallest absolute Gasteiger partial charge is 0.326 e. The molecule has 0 rings (SSSR count). The maximum Gasteiger partial charge on any atom is 0.326 e. The average Bonchev–Trinajstić information content (AvgIpc) is 2.65. The Morgan fingerprint density at radius 2 is 1.31 bits per heavy atom. The van der Waals surface area contributed by atoms with Crippen LogP contribution in [-0.4, -0.2) is 75.9 Å². The number of amides is 3. The van der Waals surface area contributed by atoms with Crippen LogP contribution in [0.4, 0.5) is 0 Å². The van der Waals surface area contributed by atoms with E-state index in [-0.39, 0.29) is 5.92 Å². The molecule has 11 nitrogen and oxygen atoms in total. The second-order valence-electron chi connectivity index (χ2n) is 7.46. The van der Waals surface area contributed by atoms with Gasteiger partial charge >= 0.3 is 5.97 Å². The fraction of sp³-hybridized carbons (Fsp3) is 0.778.